The third-order valence-electron chi connectivity index (χ3n) is 2.87. The molecule has 0 fully saturated rings. The van der Waals surface area contributed by atoms with Crippen LogP contribution in [0.2, 0.25) is 5.02 Å². The number of hydrogen-bond acceptors (Lipinski definition) is 3. The standard InChI is InChI=1S/C14H19ClN2O3/c1-3-9(2)17-13(19)6-7-16-14(20)10-4-5-12(18)11(15)8-10/h4-5,8-9,18H,3,6-7H2,1-2H3,(H,16,20)(H,17,19)/t9-/m1/s1. The molecule has 110 valence electrons. The van der Waals surface area contributed by atoms with Crippen molar-refractivity contribution >= 4 is 23.4 Å². The minimum atomic E-state index is -0.330. The molecule has 1 atom stereocenters. The molecule has 2 amide bonds. The molecular formula is C14H19ClN2O3. The van der Waals surface area contributed by atoms with E-state index in [-0.39, 0.29) is 41.6 Å². The van der Waals surface area contributed by atoms with Crippen molar-refractivity contribution in [3.8, 4) is 5.75 Å². The lowest BCUT2D eigenvalue weighted by Gasteiger charge is -2.11. The highest BCUT2D eigenvalue weighted by atomic mass is 35.5. The first-order chi connectivity index (χ1) is 9.43. The van der Waals surface area contributed by atoms with Gasteiger partial charge in [-0.2, -0.15) is 0 Å². The smallest absolute Gasteiger partial charge is 0.251 e. The zero-order valence-electron chi connectivity index (χ0n) is 11.6. The van der Waals surface area contributed by atoms with E-state index in [4.69, 9.17) is 11.6 Å². The topological polar surface area (TPSA) is 78.4 Å². The number of phenolic OH excluding ortho intramolecular Hbond substituents is 1. The second-order valence-corrected chi connectivity index (χ2v) is 4.96. The minimum absolute atomic E-state index is 0.0730. The zero-order chi connectivity index (χ0) is 15.1. The minimum Gasteiger partial charge on any atom is -0.506 e. The Kier molecular flexibility index (Phi) is 6.31. The van der Waals surface area contributed by atoms with Gasteiger partial charge in [-0.3, -0.25) is 9.59 Å². The van der Waals surface area contributed by atoms with E-state index in [0.29, 0.717) is 5.56 Å². The van der Waals surface area contributed by atoms with Gasteiger partial charge in [0, 0.05) is 24.6 Å². The first-order valence-corrected chi connectivity index (χ1v) is 6.88. The maximum atomic E-state index is 11.8. The van der Waals surface area contributed by atoms with Crippen molar-refractivity contribution in [2.45, 2.75) is 32.7 Å². The van der Waals surface area contributed by atoms with Crippen LogP contribution >= 0.6 is 11.6 Å². The zero-order valence-corrected chi connectivity index (χ0v) is 12.3. The quantitative estimate of drug-likeness (QED) is 0.752. The monoisotopic (exact) mass is 298 g/mol. The Balaban J connectivity index is 2.40. The molecular weight excluding hydrogens is 280 g/mol. The van der Waals surface area contributed by atoms with Gasteiger partial charge in [0.05, 0.1) is 5.02 Å². The Morgan fingerprint density at radius 3 is 2.70 bits per heavy atom. The predicted molar refractivity (Wildman–Crippen MR) is 78.0 cm³/mol. The van der Waals surface area contributed by atoms with Gasteiger partial charge in [-0.15, -0.1) is 0 Å². The molecule has 0 aromatic heterocycles. The summed E-state index contributed by atoms with van der Waals surface area (Å²) in [6.45, 7) is 4.16. The molecule has 0 saturated carbocycles. The Hall–Kier alpha value is -1.75. The van der Waals surface area contributed by atoms with Crippen LogP contribution in [0.25, 0.3) is 0 Å². The van der Waals surface area contributed by atoms with Gasteiger partial charge >= 0.3 is 0 Å². The lowest BCUT2D eigenvalue weighted by molar-refractivity contribution is -0.121. The van der Waals surface area contributed by atoms with Crippen molar-refractivity contribution < 1.29 is 14.7 Å². The molecule has 1 aromatic rings. The van der Waals surface area contributed by atoms with Gasteiger partial charge in [-0.1, -0.05) is 18.5 Å². The first-order valence-electron chi connectivity index (χ1n) is 6.50. The van der Waals surface area contributed by atoms with Crippen molar-refractivity contribution in [3.05, 3.63) is 28.8 Å². The van der Waals surface area contributed by atoms with E-state index < -0.39 is 0 Å². The molecule has 0 radical (unpaired) electrons. The first kappa shape index (κ1) is 16.3. The van der Waals surface area contributed by atoms with Crippen LogP contribution < -0.4 is 10.6 Å². The molecule has 6 heteroatoms. The fourth-order valence-electron chi connectivity index (χ4n) is 1.49. The van der Waals surface area contributed by atoms with Gasteiger partial charge < -0.3 is 15.7 Å². The molecule has 0 saturated heterocycles. The molecule has 5 nitrogen and oxygen atoms in total. The second-order valence-electron chi connectivity index (χ2n) is 4.55. The highest BCUT2D eigenvalue weighted by molar-refractivity contribution is 6.32. The third-order valence-corrected chi connectivity index (χ3v) is 3.17. The highest BCUT2D eigenvalue weighted by Gasteiger charge is 2.09. The van der Waals surface area contributed by atoms with Crippen molar-refractivity contribution in [1.82, 2.24) is 10.6 Å². The maximum Gasteiger partial charge on any atom is 0.251 e. The second kappa shape index (κ2) is 7.75. The van der Waals surface area contributed by atoms with E-state index in [1.807, 2.05) is 13.8 Å². The van der Waals surface area contributed by atoms with E-state index in [2.05, 4.69) is 10.6 Å². The molecule has 0 bridgehead atoms. The van der Waals surface area contributed by atoms with E-state index in [1.54, 1.807) is 0 Å². The maximum absolute atomic E-state index is 11.8. The Bertz CT molecular complexity index is 491. The summed E-state index contributed by atoms with van der Waals surface area (Å²) in [7, 11) is 0. The normalized spacial score (nSPS) is 11.8. The molecule has 0 aliphatic rings. The summed E-state index contributed by atoms with van der Waals surface area (Å²) < 4.78 is 0. The summed E-state index contributed by atoms with van der Waals surface area (Å²) in [6, 6.07) is 4.34. The number of hydrogen-bond donors (Lipinski definition) is 3. The number of amides is 2. The molecule has 20 heavy (non-hydrogen) atoms. The number of phenols is 1. The summed E-state index contributed by atoms with van der Waals surface area (Å²) in [5.74, 6) is -0.497. The van der Waals surface area contributed by atoms with Crippen molar-refractivity contribution in [2.75, 3.05) is 6.54 Å². The van der Waals surface area contributed by atoms with Crippen LogP contribution in [-0.4, -0.2) is 29.5 Å². The van der Waals surface area contributed by atoms with E-state index >= 15 is 0 Å². The summed E-state index contributed by atoms with van der Waals surface area (Å²) in [5, 5.41) is 14.8. The van der Waals surface area contributed by atoms with Crippen LogP contribution in [0.15, 0.2) is 18.2 Å². The molecule has 1 aromatic carbocycles. The van der Waals surface area contributed by atoms with Crippen molar-refractivity contribution in [2.24, 2.45) is 0 Å². The van der Waals surface area contributed by atoms with Gasteiger partial charge in [0.1, 0.15) is 5.75 Å². The summed E-state index contributed by atoms with van der Waals surface area (Å²) in [5.41, 5.74) is 0.343. The molecule has 0 heterocycles. The number of rotatable bonds is 6. The van der Waals surface area contributed by atoms with Crippen LogP contribution in [0.5, 0.6) is 5.75 Å². The molecule has 3 N–H and O–H groups in total. The lowest BCUT2D eigenvalue weighted by Crippen LogP contribution is -2.35. The average molecular weight is 299 g/mol. The molecule has 0 aliphatic carbocycles. The Morgan fingerprint density at radius 1 is 1.40 bits per heavy atom. The average Bonchev–Trinajstić information content (AvgIpc) is 2.41. The SMILES string of the molecule is CC[C@@H](C)NC(=O)CCNC(=O)c1ccc(O)c(Cl)c1. The van der Waals surface area contributed by atoms with Crippen LogP contribution in [0.1, 0.15) is 37.0 Å². The van der Waals surface area contributed by atoms with Gasteiger partial charge in [-0.05, 0) is 31.5 Å². The Morgan fingerprint density at radius 2 is 2.10 bits per heavy atom. The fourth-order valence-corrected chi connectivity index (χ4v) is 1.67. The van der Waals surface area contributed by atoms with Crippen molar-refractivity contribution in [3.63, 3.8) is 0 Å². The summed E-state index contributed by atoms with van der Waals surface area (Å²) in [4.78, 5) is 23.3. The van der Waals surface area contributed by atoms with Gasteiger partial charge in [0.25, 0.3) is 5.91 Å². The van der Waals surface area contributed by atoms with Crippen molar-refractivity contribution in [1.29, 1.82) is 0 Å². The van der Waals surface area contributed by atoms with E-state index in [0.717, 1.165) is 6.42 Å². The third kappa shape index (κ3) is 5.09. The largest absolute Gasteiger partial charge is 0.506 e. The molecule has 0 unspecified atom stereocenters. The number of carbonyl (C=O) groups excluding carboxylic acids is 2. The Labute approximate surface area is 123 Å². The lowest BCUT2D eigenvalue weighted by atomic mass is 10.2. The van der Waals surface area contributed by atoms with Crippen LogP contribution in [-0.2, 0) is 4.79 Å². The predicted octanol–water partition coefficient (Wildman–Crippen LogP) is 2.08. The summed E-state index contributed by atoms with van der Waals surface area (Å²) >= 11 is 5.72. The van der Waals surface area contributed by atoms with Crippen LogP contribution in [0.4, 0.5) is 0 Å². The fraction of sp³-hybridized carbons (Fsp3) is 0.429. The van der Waals surface area contributed by atoms with Crippen LogP contribution in [0, 0.1) is 0 Å². The number of halogens is 1. The van der Waals surface area contributed by atoms with Gasteiger partial charge in [-0.25, -0.2) is 0 Å². The number of carbonyl (C=O) groups is 2. The number of aromatic hydroxyl groups is 1. The van der Waals surface area contributed by atoms with Crippen LogP contribution in [0.3, 0.4) is 0 Å². The highest BCUT2D eigenvalue weighted by Crippen LogP contribution is 2.23. The van der Waals surface area contributed by atoms with Gasteiger partial charge in [0.15, 0.2) is 0 Å². The molecule has 1 rings (SSSR count). The van der Waals surface area contributed by atoms with E-state index in [1.165, 1.54) is 18.2 Å². The van der Waals surface area contributed by atoms with Gasteiger partial charge in [0.2, 0.25) is 5.91 Å². The summed E-state index contributed by atoms with van der Waals surface area (Å²) in [6.07, 6.45) is 1.09. The molecule has 0 spiro atoms. The number of nitrogens with one attached hydrogen (secondary N) is 2. The molecule has 0 aliphatic heterocycles. The number of benzene rings is 1. The van der Waals surface area contributed by atoms with E-state index in [9.17, 15) is 14.7 Å².